The van der Waals surface area contributed by atoms with E-state index in [1.807, 2.05) is 17.0 Å². The van der Waals surface area contributed by atoms with Crippen molar-refractivity contribution in [3.05, 3.63) is 68.3 Å². The largest absolute Gasteiger partial charge is 0.367 e. The number of thiazole rings is 1. The number of anilines is 1. The first-order valence-electron chi connectivity index (χ1n) is 12.5. The first-order chi connectivity index (χ1) is 18.8. The van der Waals surface area contributed by atoms with E-state index in [0.717, 1.165) is 16.9 Å². The van der Waals surface area contributed by atoms with Gasteiger partial charge in [-0.15, -0.1) is 11.3 Å². The Labute approximate surface area is 231 Å². The van der Waals surface area contributed by atoms with Crippen LogP contribution >= 0.6 is 22.9 Å². The Balaban J connectivity index is 1.41. The fourth-order valence-electron chi connectivity index (χ4n) is 5.17. The summed E-state index contributed by atoms with van der Waals surface area (Å²) in [7, 11) is 0. The number of alkyl halides is 2. The second-order valence-electron chi connectivity index (χ2n) is 9.71. The van der Waals surface area contributed by atoms with Crippen LogP contribution in [0, 0.1) is 6.92 Å². The molecule has 0 amide bonds. The third-order valence-electron chi connectivity index (χ3n) is 7.18. The molecule has 13 heteroatoms. The van der Waals surface area contributed by atoms with Crippen molar-refractivity contribution in [1.29, 1.82) is 0 Å². The van der Waals surface area contributed by atoms with Gasteiger partial charge in [0.05, 0.1) is 23.5 Å². The van der Waals surface area contributed by atoms with E-state index in [2.05, 4.69) is 15.3 Å². The van der Waals surface area contributed by atoms with Crippen LogP contribution in [0.15, 0.2) is 41.3 Å². The van der Waals surface area contributed by atoms with Gasteiger partial charge in [-0.3, -0.25) is 9.36 Å². The van der Waals surface area contributed by atoms with Crippen LogP contribution in [0.4, 0.5) is 14.6 Å². The number of aromatic nitrogens is 4. The highest BCUT2D eigenvalue weighted by Gasteiger charge is 2.38. The Morgan fingerprint density at radius 2 is 2.08 bits per heavy atom. The average Bonchev–Trinajstić information content (AvgIpc) is 3.55. The summed E-state index contributed by atoms with van der Waals surface area (Å²) >= 11 is 6.89. The lowest BCUT2D eigenvalue weighted by Gasteiger charge is -2.35. The molecule has 1 unspecified atom stereocenters. The maximum Gasteiger partial charge on any atom is 0.289 e. The summed E-state index contributed by atoms with van der Waals surface area (Å²) in [5.41, 5.74) is 1.69. The van der Waals surface area contributed by atoms with E-state index in [-0.39, 0.29) is 28.2 Å². The quantitative estimate of drug-likeness (QED) is 0.349. The minimum atomic E-state index is -2.69. The lowest BCUT2D eigenvalue weighted by atomic mass is 9.98. The highest BCUT2D eigenvalue weighted by molar-refractivity contribution is 7.15. The van der Waals surface area contributed by atoms with Crippen molar-refractivity contribution in [1.82, 2.24) is 24.4 Å². The molecular formula is C26H25ClF2N6O3S. The van der Waals surface area contributed by atoms with Crippen LogP contribution in [0.25, 0.3) is 21.5 Å². The van der Waals surface area contributed by atoms with E-state index in [0.29, 0.717) is 65.2 Å². The average molecular weight is 575 g/mol. The van der Waals surface area contributed by atoms with Gasteiger partial charge < -0.3 is 15.2 Å². The maximum absolute atomic E-state index is 13.6. The van der Waals surface area contributed by atoms with Gasteiger partial charge in [-0.05, 0) is 43.5 Å². The van der Waals surface area contributed by atoms with Gasteiger partial charge in [0.25, 0.3) is 12.0 Å². The molecule has 0 saturated carbocycles. The number of hydrogen-bond acceptors (Lipinski definition) is 9. The third kappa shape index (κ3) is 5.14. The second-order valence-corrected chi connectivity index (χ2v) is 11.2. The van der Waals surface area contributed by atoms with Crippen LogP contribution < -0.4 is 10.9 Å². The summed E-state index contributed by atoms with van der Waals surface area (Å²) in [4.78, 5) is 29.3. The monoisotopic (exact) mass is 574 g/mol. The predicted molar refractivity (Wildman–Crippen MR) is 144 cm³/mol. The predicted octanol–water partition coefficient (Wildman–Crippen LogP) is 4.41. The molecule has 2 N–H and O–H groups in total. The van der Waals surface area contributed by atoms with E-state index in [9.17, 15) is 18.7 Å². The van der Waals surface area contributed by atoms with Gasteiger partial charge in [-0.25, -0.2) is 28.6 Å². The van der Waals surface area contributed by atoms with E-state index in [1.165, 1.54) is 6.20 Å². The Kier molecular flexibility index (Phi) is 7.06. The normalized spacial score (nSPS) is 21.5. The molecule has 204 valence electrons. The van der Waals surface area contributed by atoms with Crippen molar-refractivity contribution in [3.63, 3.8) is 0 Å². The number of fused-ring (bicyclic) bond motifs is 2. The first-order valence-corrected chi connectivity index (χ1v) is 13.7. The van der Waals surface area contributed by atoms with E-state index >= 15 is 0 Å². The van der Waals surface area contributed by atoms with Crippen molar-refractivity contribution >= 4 is 39.8 Å². The van der Waals surface area contributed by atoms with Crippen LogP contribution in [-0.4, -0.2) is 61.2 Å². The highest BCUT2D eigenvalue weighted by atomic mass is 35.5. The minimum absolute atomic E-state index is 0.0268. The molecule has 1 aromatic carbocycles. The number of aliphatic hydroxyl groups is 1. The lowest BCUT2D eigenvalue weighted by Crippen LogP contribution is -2.47. The lowest BCUT2D eigenvalue weighted by molar-refractivity contribution is -0.138. The molecule has 3 aromatic heterocycles. The number of pyridine rings is 1. The molecule has 0 spiro atoms. The first kappa shape index (κ1) is 26.2. The summed E-state index contributed by atoms with van der Waals surface area (Å²) in [6, 6.07) is 8.96. The van der Waals surface area contributed by atoms with Gasteiger partial charge in [0.1, 0.15) is 11.6 Å². The molecule has 0 bridgehead atoms. The van der Waals surface area contributed by atoms with E-state index < -0.39 is 12.8 Å². The molecule has 2 saturated heterocycles. The molecule has 4 aromatic rings. The number of halogens is 3. The van der Waals surface area contributed by atoms with Gasteiger partial charge in [0.15, 0.2) is 10.5 Å². The molecule has 6 rings (SSSR count). The van der Waals surface area contributed by atoms with E-state index in [1.54, 1.807) is 29.7 Å². The number of hydrogen-bond donors (Lipinski definition) is 2. The number of aliphatic hydroxyl groups excluding tert-OH is 1. The highest BCUT2D eigenvalue weighted by Crippen LogP contribution is 2.37. The van der Waals surface area contributed by atoms with Crippen molar-refractivity contribution < 1.29 is 18.6 Å². The molecule has 0 aliphatic carbocycles. The fraction of sp³-hybridized carbons (Fsp3) is 0.385. The van der Waals surface area contributed by atoms with Crippen molar-refractivity contribution in [2.45, 2.75) is 51.2 Å². The Morgan fingerprint density at radius 3 is 2.82 bits per heavy atom. The smallest absolute Gasteiger partial charge is 0.289 e. The third-order valence-corrected chi connectivity index (χ3v) is 8.47. The van der Waals surface area contributed by atoms with Crippen LogP contribution in [0.1, 0.15) is 35.7 Å². The zero-order valence-electron chi connectivity index (χ0n) is 20.9. The Morgan fingerprint density at radius 1 is 1.28 bits per heavy atom. The van der Waals surface area contributed by atoms with Gasteiger partial charge in [0.2, 0.25) is 6.41 Å². The van der Waals surface area contributed by atoms with Crippen LogP contribution in [-0.2, 0) is 11.3 Å². The topological polar surface area (TPSA) is 105 Å². The van der Waals surface area contributed by atoms with Gasteiger partial charge in [-0.1, -0.05) is 23.7 Å². The Bertz CT molecular complexity index is 1580. The molecule has 2 fully saturated rings. The zero-order chi connectivity index (χ0) is 27.3. The molecule has 9 nitrogen and oxygen atoms in total. The number of ether oxygens (including phenoxy) is 1. The molecule has 0 radical (unpaired) electrons. The SMILES string of the molecule is Cc1nc2cc(-c3cnc(C(F)F)s3)c(N[C@H]3CCN4C(O)OC[C@@H]4C3)nc2c(=O)n1Cc1ccc(Cl)cc1. The molecule has 3 atom stereocenters. The van der Waals surface area contributed by atoms with Gasteiger partial charge in [0, 0.05) is 35.4 Å². The van der Waals surface area contributed by atoms with Gasteiger partial charge >= 0.3 is 0 Å². The van der Waals surface area contributed by atoms with Crippen molar-refractivity contribution in [2.24, 2.45) is 0 Å². The number of piperidine rings is 1. The van der Waals surface area contributed by atoms with Crippen molar-refractivity contribution in [3.8, 4) is 10.4 Å². The minimum Gasteiger partial charge on any atom is -0.367 e. The number of nitrogens with zero attached hydrogens (tertiary/aromatic N) is 5. The summed E-state index contributed by atoms with van der Waals surface area (Å²) in [5, 5.41) is 13.8. The number of nitrogens with one attached hydrogen (secondary N) is 1. The molecule has 39 heavy (non-hydrogen) atoms. The molecule has 5 heterocycles. The van der Waals surface area contributed by atoms with Crippen LogP contribution in [0.3, 0.4) is 0 Å². The van der Waals surface area contributed by atoms with E-state index in [4.69, 9.17) is 21.3 Å². The molecule has 2 aliphatic rings. The van der Waals surface area contributed by atoms with Gasteiger partial charge in [-0.2, -0.15) is 0 Å². The summed E-state index contributed by atoms with van der Waals surface area (Å²) in [6.07, 6.45) is -0.795. The summed E-state index contributed by atoms with van der Waals surface area (Å²) in [5.74, 6) is 0.909. The summed E-state index contributed by atoms with van der Waals surface area (Å²) in [6.45, 7) is 3.09. The second kappa shape index (κ2) is 10.5. The summed E-state index contributed by atoms with van der Waals surface area (Å²) < 4.78 is 33.6. The van der Waals surface area contributed by atoms with Crippen LogP contribution in [0.2, 0.25) is 5.02 Å². The van der Waals surface area contributed by atoms with Crippen LogP contribution in [0.5, 0.6) is 0 Å². The number of rotatable bonds is 6. The maximum atomic E-state index is 13.6. The standard InChI is InChI=1S/C26H25ClF2N6O3S/c1-13-31-19-9-18(20-10-30-24(39-20)22(28)29)23(32-16-6-7-34-17(8-16)12-38-26(34)37)33-21(19)25(36)35(13)11-14-2-4-15(27)5-3-14/h2-5,9-10,16-17,22,26,37H,6-8,11-12H2,1H3,(H,32,33)/t16-,17-,26?/m0/s1. The molecular weight excluding hydrogens is 550 g/mol. The number of benzene rings is 1. The number of aryl methyl sites for hydroxylation is 1. The zero-order valence-corrected chi connectivity index (χ0v) is 22.4. The Hall–Kier alpha value is -3.03. The van der Waals surface area contributed by atoms with Crippen molar-refractivity contribution in [2.75, 3.05) is 18.5 Å². The molecule has 2 aliphatic heterocycles. The fourth-order valence-corrected chi connectivity index (χ4v) is 6.08.